The highest BCUT2D eigenvalue weighted by molar-refractivity contribution is 5.85. The predicted octanol–water partition coefficient (Wildman–Crippen LogP) is 1.80. The van der Waals surface area contributed by atoms with Crippen molar-refractivity contribution in [1.82, 2.24) is 10.2 Å². The van der Waals surface area contributed by atoms with Crippen molar-refractivity contribution in [2.75, 3.05) is 18.5 Å². The molecule has 0 fully saturated rings. The summed E-state index contributed by atoms with van der Waals surface area (Å²) in [6, 6.07) is 3.16. The lowest BCUT2D eigenvalue weighted by Gasteiger charge is -2.16. The summed E-state index contributed by atoms with van der Waals surface area (Å²) >= 11 is 0. The quantitative estimate of drug-likeness (QED) is 0.745. The molecule has 1 rings (SSSR count). The second-order valence-corrected chi connectivity index (χ2v) is 3.71. The van der Waals surface area contributed by atoms with E-state index in [1.54, 1.807) is 6.07 Å². The summed E-state index contributed by atoms with van der Waals surface area (Å²) in [5.41, 5.74) is -0.0225. The van der Waals surface area contributed by atoms with Crippen molar-refractivity contribution in [3.63, 3.8) is 0 Å². The van der Waals surface area contributed by atoms with Crippen molar-refractivity contribution < 1.29 is 9.90 Å². The molecule has 0 radical (unpaired) electrons. The van der Waals surface area contributed by atoms with E-state index in [2.05, 4.69) is 17.1 Å². The number of aromatic nitrogens is 2. The van der Waals surface area contributed by atoms with Crippen molar-refractivity contribution in [3.8, 4) is 0 Å². The Morgan fingerprint density at radius 2 is 2.12 bits per heavy atom. The lowest BCUT2D eigenvalue weighted by atomic mass is 10.2. The number of hydrogen-bond donors (Lipinski definition) is 1. The fourth-order valence-electron chi connectivity index (χ4n) is 1.36. The second-order valence-electron chi connectivity index (χ2n) is 3.71. The molecule has 1 N–H and O–H groups in total. The highest BCUT2D eigenvalue weighted by atomic mass is 16.4. The number of rotatable bonds is 6. The van der Waals surface area contributed by atoms with Gasteiger partial charge in [-0.3, -0.25) is 0 Å². The third kappa shape index (κ3) is 3.49. The molecule has 0 aliphatic carbocycles. The van der Waals surface area contributed by atoms with Gasteiger partial charge in [-0.25, -0.2) is 4.79 Å². The van der Waals surface area contributed by atoms with Crippen molar-refractivity contribution in [2.45, 2.75) is 26.2 Å². The second kappa shape index (κ2) is 6.05. The zero-order chi connectivity index (χ0) is 12.0. The predicted molar refractivity (Wildman–Crippen MR) is 61.8 cm³/mol. The number of aromatic carboxylic acids is 1. The van der Waals surface area contributed by atoms with Crippen molar-refractivity contribution >= 4 is 11.8 Å². The lowest BCUT2D eigenvalue weighted by Crippen LogP contribution is -2.20. The maximum absolute atomic E-state index is 10.6. The molecule has 1 aromatic rings. The van der Waals surface area contributed by atoms with Gasteiger partial charge in [-0.1, -0.05) is 19.8 Å². The van der Waals surface area contributed by atoms with Crippen LogP contribution in [0.3, 0.4) is 0 Å². The molecule has 5 heteroatoms. The molecule has 88 valence electrons. The van der Waals surface area contributed by atoms with Crippen LogP contribution in [0.15, 0.2) is 12.1 Å². The van der Waals surface area contributed by atoms with Crippen LogP contribution >= 0.6 is 0 Å². The fourth-order valence-corrected chi connectivity index (χ4v) is 1.36. The summed E-state index contributed by atoms with van der Waals surface area (Å²) in [5, 5.41) is 16.2. The SMILES string of the molecule is CCCCCN(C)c1ccc(C(=O)O)nn1. The fraction of sp³-hybridized carbons (Fsp3) is 0.545. The Morgan fingerprint density at radius 3 is 2.62 bits per heavy atom. The van der Waals surface area contributed by atoms with Gasteiger partial charge in [0.05, 0.1) is 0 Å². The molecule has 5 nitrogen and oxygen atoms in total. The van der Waals surface area contributed by atoms with Gasteiger partial charge in [0.1, 0.15) is 0 Å². The molecular formula is C11H17N3O2. The van der Waals surface area contributed by atoms with E-state index in [1.807, 2.05) is 11.9 Å². The van der Waals surface area contributed by atoms with Crippen LogP contribution < -0.4 is 4.90 Å². The van der Waals surface area contributed by atoms with Crippen LogP contribution in [0, 0.1) is 0 Å². The standard InChI is InChI=1S/C11H17N3O2/c1-3-4-5-8-14(2)10-7-6-9(11(15)16)12-13-10/h6-7H,3-5,8H2,1-2H3,(H,15,16). The molecule has 0 saturated carbocycles. The minimum atomic E-state index is -1.05. The smallest absolute Gasteiger partial charge is 0.356 e. The number of unbranched alkanes of at least 4 members (excludes halogenated alkanes) is 2. The van der Waals surface area contributed by atoms with E-state index in [0.717, 1.165) is 13.0 Å². The molecule has 0 saturated heterocycles. The Morgan fingerprint density at radius 1 is 1.38 bits per heavy atom. The molecule has 0 amide bonds. The molecule has 0 aliphatic heterocycles. The molecular weight excluding hydrogens is 206 g/mol. The van der Waals surface area contributed by atoms with Crippen LogP contribution in [0.1, 0.15) is 36.7 Å². The Labute approximate surface area is 95.1 Å². The van der Waals surface area contributed by atoms with Gasteiger partial charge < -0.3 is 10.0 Å². The van der Waals surface area contributed by atoms with Gasteiger partial charge in [-0.05, 0) is 18.6 Å². The van der Waals surface area contributed by atoms with E-state index in [1.165, 1.54) is 18.9 Å². The number of carboxylic acid groups (broad SMARTS) is 1. The number of hydrogen-bond acceptors (Lipinski definition) is 4. The first-order chi connectivity index (χ1) is 7.65. The van der Waals surface area contributed by atoms with Gasteiger partial charge in [0, 0.05) is 13.6 Å². The highest BCUT2D eigenvalue weighted by Gasteiger charge is 2.07. The summed E-state index contributed by atoms with van der Waals surface area (Å²) in [7, 11) is 1.93. The van der Waals surface area contributed by atoms with Crippen LogP contribution in [-0.4, -0.2) is 34.9 Å². The first kappa shape index (κ1) is 12.4. The van der Waals surface area contributed by atoms with Gasteiger partial charge in [-0.15, -0.1) is 10.2 Å². The van der Waals surface area contributed by atoms with E-state index < -0.39 is 5.97 Å². The molecule has 1 aromatic heterocycles. The van der Waals surface area contributed by atoms with E-state index in [0.29, 0.717) is 5.82 Å². The molecule has 0 aliphatic rings. The molecule has 0 bridgehead atoms. The first-order valence-corrected chi connectivity index (χ1v) is 5.43. The van der Waals surface area contributed by atoms with Gasteiger partial charge in [0.15, 0.2) is 11.5 Å². The summed E-state index contributed by atoms with van der Waals surface area (Å²) in [6.45, 7) is 3.07. The van der Waals surface area contributed by atoms with Gasteiger partial charge in [0.2, 0.25) is 0 Å². The summed E-state index contributed by atoms with van der Waals surface area (Å²) in [5.74, 6) is -0.339. The van der Waals surface area contributed by atoms with Gasteiger partial charge in [-0.2, -0.15) is 0 Å². The summed E-state index contributed by atoms with van der Waals surface area (Å²) < 4.78 is 0. The minimum absolute atomic E-state index is 0.0225. The zero-order valence-electron chi connectivity index (χ0n) is 9.68. The maximum atomic E-state index is 10.6. The molecule has 0 spiro atoms. The van der Waals surface area contributed by atoms with Crippen LogP contribution in [0.4, 0.5) is 5.82 Å². The van der Waals surface area contributed by atoms with Crippen LogP contribution in [0.25, 0.3) is 0 Å². The molecule has 0 aromatic carbocycles. The normalized spacial score (nSPS) is 10.1. The van der Waals surface area contributed by atoms with Crippen LogP contribution in [0.2, 0.25) is 0 Å². The Kier molecular flexibility index (Phi) is 4.69. The van der Waals surface area contributed by atoms with Crippen LogP contribution in [0.5, 0.6) is 0 Å². The van der Waals surface area contributed by atoms with Gasteiger partial charge >= 0.3 is 5.97 Å². The highest BCUT2D eigenvalue weighted by Crippen LogP contribution is 2.08. The van der Waals surface area contributed by atoms with Gasteiger partial charge in [0.25, 0.3) is 0 Å². The third-order valence-corrected chi connectivity index (χ3v) is 2.36. The van der Waals surface area contributed by atoms with Crippen molar-refractivity contribution in [2.24, 2.45) is 0 Å². The number of carboxylic acids is 1. The summed E-state index contributed by atoms with van der Waals surface area (Å²) in [6.07, 6.45) is 3.47. The zero-order valence-corrected chi connectivity index (χ0v) is 9.68. The molecule has 0 unspecified atom stereocenters. The third-order valence-electron chi connectivity index (χ3n) is 2.36. The maximum Gasteiger partial charge on any atom is 0.356 e. The molecule has 1 heterocycles. The van der Waals surface area contributed by atoms with E-state index >= 15 is 0 Å². The summed E-state index contributed by atoms with van der Waals surface area (Å²) in [4.78, 5) is 12.6. The molecule has 16 heavy (non-hydrogen) atoms. The van der Waals surface area contributed by atoms with E-state index in [4.69, 9.17) is 5.11 Å². The minimum Gasteiger partial charge on any atom is -0.476 e. The van der Waals surface area contributed by atoms with E-state index in [-0.39, 0.29) is 5.69 Å². The average molecular weight is 223 g/mol. The number of nitrogens with zero attached hydrogens (tertiary/aromatic N) is 3. The van der Waals surface area contributed by atoms with E-state index in [9.17, 15) is 4.79 Å². The Bertz CT molecular complexity index is 338. The number of anilines is 1. The monoisotopic (exact) mass is 223 g/mol. The Balaban J connectivity index is 2.56. The van der Waals surface area contributed by atoms with Crippen molar-refractivity contribution in [1.29, 1.82) is 0 Å². The van der Waals surface area contributed by atoms with Crippen LogP contribution in [-0.2, 0) is 0 Å². The Hall–Kier alpha value is -1.65. The number of carbonyl (C=O) groups is 1. The van der Waals surface area contributed by atoms with Crippen molar-refractivity contribution in [3.05, 3.63) is 17.8 Å². The lowest BCUT2D eigenvalue weighted by molar-refractivity contribution is 0.0689. The molecule has 0 atom stereocenters. The first-order valence-electron chi connectivity index (χ1n) is 5.43. The average Bonchev–Trinajstić information content (AvgIpc) is 2.29. The largest absolute Gasteiger partial charge is 0.476 e. The topological polar surface area (TPSA) is 66.3 Å².